The smallest absolute Gasteiger partial charge is 0.326 e. The predicted octanol–water partition coefficient (Wildman–Crippen LogP) is -0.350. The molecule has 0 saturated carbocycles. The van der Waals surface area contributed by atoms with Gasteiger partial charge in [-0.2, -0.15) is 0 Å². The highest BCUT2D eigenvalue weighted by Gasteiger charge is 2.43. The number of carbonyl (C=O) groups is 4. The first-order valence-corrected chi connectivity index (χ1v) is 11.3. The highest BCUT2D eigenvalue weighted by molar-refractivity contribution is 5.94. The number of carbonyl (C=O) groups excluding carboxylic acids is 3. The van der Waals surface area contributed by atoms with Gasteiger partial charge in [0.15, 0.2) is 0 Å². The minimum Gasteiger partial charge on any atom is -0.480 e. The minimum atomic E-state index is -1.10. The normalized spacial score (nSPS) is 23.1. The molecule has 2 fully saturated rings. The van der Waals surface area contributed by atoms with E-state index in [4.69, 9.17) is 11.5 Å². The van der Waals surface area contributed by atoms with Gasteiger partial charge >= 0.3 is 5.97 Å². The monoisotopic (exact) mass is 439 g/mol. The molecule has 0 aromatic carbocycles. The van der Waals surface area contributed by atoms with Crippen molar-refractivity contribution in [1.82, 2.24) is 15.1 Å². The average molecular weight is 440 g/mol. The lowest BCUT2D eigenvalue weighted by Crippen LogP contribution is -2.56. The van der Waals surface area contributed by atoms with Crippen LogP contribution in [-0.4, -0.2) is 82.4 Å². The Hall–Kier alpha value is -2.20. The second kappa shape index (κ2) is 11.4. The van der Waals surface area contributed by atoms with Crippen LogP contribution in [0.4, 0.5) is 0 Å². The summed E-state index contributed by atoms with van der Waals surface area (Å²) in [7, 11) is 0. The minimum absolute atomic E-state index is 0.0404. The van der Waals surface area contributed by atoms with Crippen molar-refractivity contribution in [3.63, 3.8) is 0 Å². The van der Waals surface area contributed by atoms with E-state index in [0.717, 1.165) is 0 Å². The van der Waals surface area contributed by atoms with E-state index in [1.165, 1.54) is 4.90 Å². The van der Waals surface area contributed by atoms with Crippen molar-refractivity contribution in [1.29, 1.82) is 0 Å². The van der Waals surface area contributed by atoms with Gasteiger partial charge in [-0.25, -0.2) is 4.79 Å². The fourth-order valence-corrected chi connectivity index (χ4v) is 4.28. The fraction of sp³-hybridized carbons (Fsp3) is 0.810. The van der Waals surface area contributed by atoms with Crippen LogP contribution in [0.3, 0.4) is 0 Å². The molecule has 10 heteroatoms. The molecule has 4 unspecified atom stereocenters. The molecule has 3 amide bonds. The number of amides is 3. The number of carboxylic acid groups (broad SMARTS) is 1. The summed E-state index contributed by atoms with van der Waals surface area (Å²) in [6.07, 6.45) is 3.93. The fourth-order valence-electron chi connectivity index (χ4n) is 4.28. The highest BCUT2D eigenvalue weighted by Crippen LogP contribution is 2.26. The molecule has 0 spiro atoms. The SMILES string of the molecule is CC(C)C(N)C(=O)N1CCCC1C(=O)N1CCCC1C(=O)NC(CCCCN)C(=O)O. The summed E-state index contributed by atoms with van der Waals surface area (Å²) in [5, 5.41) is 12.0. The number of likely N-dealkylation sites (tertiary alicyclic amines) is 2. The lowest BCUT2D eigenvalue weighted by atomic mass is 10.0. The Kier molecular flexibility index (Phi) is 9.24. The zero-order valence-electron chi connectivity index (χ0n) is 18.6. The first-order valence-electron chi connectivity index (χ1n) is 11.3. The molecular formula is C21H37N5O5. The topological polar surface area (TPSA) is 159 Å². The van der Waals surface area contributed by atoms with E-state index in [2.05, 4.69) is 5.32 Å². The third-order valence-electron chi connectivity index (χ3n) is 6.22. The lowest BCUT2D eigenvalue weighted by molar-refractivity contribution is -0.148. The van der Waals surface area contributed by atoms with Crippen molar-refractivity contribution < 1.29 is 24.3 Å². The highest BCUT2D eigenvalue weighted by atomic mass is 16.4. The molecule has 6 N–H and O–H groups in total. The van der Waals surface area contributed by atoms with Crippen LogP contribution in [0.5, 0.6) is 0 Å². The summed E-state index contributed by atoms with van der Waals surface area (Å²) in [5.41, 5.74) is 11.5. The van der Waals surface area contributed by atoms with Crippen molar-refractivity contribution in [3.05, 3.63) is 0 Å². The molecule has 0 aromatic heterocycles. The molecule has 10 nitrogen and oxygen atoms in total. The Morgan fingerprint density at radius 1 is 1.03 bits per heavy atom. The number of aliphatic carboxylic acids is 1. The molecule has 176 valence electrons. The molecule has 2 heterocycles. The van der Waals surface area contributed by atoms with Crippen molar-refractivity contribution in [2.45, 2.75) is 83.0 Å². The first kappa shape index (κ1) is 25.1. The van der Waals surface area contributed by atoms with Gasteiger partial charge in [0, 0.05) is 13.1 Å². The summed E-state index contributed by atoms with van der Waals surface area (Å²) >= 11 is 0. The van der Waals surface area contributed by atoms with E-state index in [-0.39, 0.29) is 24.2 Å². The van der Waals surface area contributed by atoms with Crippen LogP contribution in [0.1, 0.15) is 58.8 Å². The molecule has 2 aliphatic rings. The summed E-state index contributed by atoms with van der Waals surface area (Å²) in [4.78, 5) is 53.5. The maximum absolute atomic E-state index is 13.3. The van der Waals surface area contributed by atoms with Gasteiger partial charge in [-0.1, -0.05) is 13.8 Å². The molecule has 4 atom stereocenters. The molecule has 0 radical (unpaired) electrons. The van der Waals surface area contributed by atoms with Crippen LogP contribution in [0, 0.1) is 5.92 Å². The van der Waals surface area contributed by atoms with E-state index >= 15 is 0 Å². The summed E-state index contributed by atoms with van der Waals surface area (Å²) < 4.78 is 0. The van der Waals surface area contributed by atoms with Crippen molar-refractivity contribution in [3.8, 4) is 0 Å². The third-order valence-corrected chi connectivity index (χ3v) is 6.22. The van der Waals surface area contributed by atoms with Crippen molar-refractivity contribution >= 4 is 23.7 Å². The maximum atomic E-state index is 13.3. The first-order chi connectivity index (χ1) is 14.7. The lowest BCUT2D eigenvalue weighted by Gasteiger charge is -2.33. The Bertz CT molecular complexity index is 671. The van der Waals surface area contributed by atoms with Crippen LogP contribution in [-0.2, 0) is 19.2 Å². The van der Waals surface area contributed by atoms with E-state index in [1.54, 1.807) is 4.90 Å². The van der Waals surface area contributed by atoms with Gasteiger partial charge in [0.25, 0.3) is 0 Å². The van der Waals surface area contributed by atoms with E-state index in [0.29, 0.717) is 58.2 Å². The van der Waals surface area contributed by atoms with Gasteiger partial charge in [0.05, 0.1) is 6.04 Å². The number of unbranched alkanes of at least 4 members (excludes halogenated alkanes) is 1. The Balaban J connectivity index is 2.06. The van der Waals surface area contributed by atoms with Crippen LogP contribution < -0.4 is 16.8 Å². The summed E-state index contributed by atoms with van der Waals surface area (Å²) in [5.74, 6) is -2.09. The zero-order chi connectivity index (χ0) is 23.1. The molecule has 2 aliphatic heterocycles. The third kappa shape index (κ3) is 6.16. The standard InChI is InChI=1S/C21H37N5O5/c1-13(2)17(23)20(29)26-12-6-9-16(26)19(28)25-11-5-8-15(25)18(27)24-14(21(30)31)7-3-4-10-22/h13-17H,3-12,22-23H2,1-2H3,(H,24,27)(H,30,31). The van der Waals surface area contributed by atoms with E-state index < -0.39 is 36.0 Å². The van der Waals surface area contributed by atoms with Gasteiger partial charge < -0.3 is 31.7 Å². The summed E-state index contributed by atoms with van der Waals surface area (Å²) in [6.45, 7) is 5.08. The van der Waals surface area contributed by atoms with Gasteiger partial charge in [-0.3, -0.25) is 14.4 Å². The summed E-state index contributed by atoms with van der Waals surface area (Å²) in [6, 6.07) is -3.02. The maximum Gasteiger partial charge on any atom is 0.326 e. The number of hydrogen-bond donors (Lipinski definition) is 4. The van der Waals surface area contributed by atoms with Gasteiger partial charge in [-0.15, -0.1) is 0 Å². The molecule has 0 aromatic rings. The number of rotatable bonds is 10. The van der Waals surface area contributed by atoms with Crippen LogP contribution in [0.15, 0.2) is 0 Å². The Morgan fingerprint density at radius 3 is 2.23 bits per heavy atom. The number of nitrogens with one attached hydrogen (secondary N) is 1. The molecular weight excluding hydrogens is 402 g/mol. The number of carboxylic acids is 1. The van der Waals surface area contributed by atoms with Crippen molar-refractivity contribution in [2.24, 2.45) is 17.4 Å². The molecule has 31 heavy (non-hydrogen) atoms. The quantitative estimate of drug-likeness (QED) is 0.339. The molecule has 2 saturated heterocycles. The van der Waals surface area contributed by atoms with Crippen LogP contribution in [0.25, 0.3) is 0 Å². The second-order valence-corrected chi connectivity index (χ2v) is 8.83. The Morgan fingerprint density at radius 2 is 1.65 bits per heavy atom. The van der Waals surface area contributed by atoms with Gasteiger partial charge in [-0.05, 0) is 57.4 Å². The van der Waals surface area contributed by atoms with E-state index in [9.17, 15) is 24.3 Å². The average Bonchev–Trinajstić information content (AvgIpc) is 3.40. The predicted molar refractivity (Wildman–Crippen MR) is 115 cm³/mol. The molecule has 0 aliphatic carbocycles. The number of hydrogen-bond acceptors (Lipinski definition) is 6. The molecule has 2 rings (SSSR count). The zero-order valence-corrected chi connectivity index (χ0v) is 18.6. The number of nitrogens with two attached hydrogens (primary N) is 2. The second-order valence-electron chi connectivity index (χ2n) is 8.83. The van der Waals surface area contributed by atoms with Gasteiger partial charge in [0.1, 0.15) is 18.1 Å². The van der Waals surface area contributed by atoms with E-state index in [1.807, 2.05) is 13.8 Å². The van der Waals surface area contributed by atoms with Crippen molar-refractivity contribution in [2.75, 3.05) is 19.6 Å². The molecule has 0 bridgehead atoms. The Labute approximate surface area is 183 Å². The largest absolute Gasteiger partial charge is 0.480 e. The number of nitrogens with zero attached hydrogens (tertiary/aromatic N) is 2. The van der Waals surface area contributed by atoms with Crippen LogP contribution in [0.2, 0.25) is 0 Å². The van der Waals surface area contributed by atoms with Gasteiger partial charge in [0.2, 0.25) is 17.7 Å². The van der Waals surface area contributed by atoms with Crippen LogP contribution >= 0.6 is 0 Å².